The zero-order valence-corrected chi connectivity index (χ0v) is 16.3. The van der Waals surface area contributed by atoms with Crippen LogP contribution in [0.2, 0.25) is 0 Å². The van der Waals surface area contributed by atoms with Crippen LogP contribution >= 0.6 is 0 Å². The molecule has 150 valence electrons. The quantitative estimate of drug-likeness (QED) is 0.492. The number of fused-ring (bicyclic) bond motifs is 2. The maximum Gasteiger partial charge on any atom is 0.272 e. The number of hydrogen-bond donors (Lipinski definition) is 3. The molecule has 4 aromatic rings. The second kappa shape index (κ2) is 6.26. The number of nitrogens with zero attached hydrogens (tertiary/aromatic N) is 2. The van der Waals surface area contributed by atoms with Crippen LogP contribution in [0, 0.1) is 5.41 Å². The maximum absolute atomic E-state index is 12.6. The molecule has 0 radical (unpaired) electrons. The number of aromatic amines is 2. The van der Waals surface area contributed by atoms with Crippen molar-refractivity contribution in [2.45, 2.75) is 37.6 Å². The van der Waals surface area contributed by atoms with Crippen LogP contribution in [0.25, 0.3) is 21.7 Å². The topological polar surface area (TPSA) is 104 Å². The zero-order chi connectivity index (χ0) is 20.3. The minimum absolute atomic E-state index is 0.0319. The van der Waals surface area contributed by atoms with Crippen molar-refractivity contribution in [2.75, 3.05) is 0 Å². The molecule has 2 heterocycles. The molecule has 0 atom stereocenters. The molecule has 6 rings (SSSR count). The van der Waals surface area contributed by atoms with E-state index >= 15 is 0 Å². The molecular formula is C23H21N5O2. The normalized spacial score (nSPS) is 25.2. The summed E-state index contributed by atoms with van der Waals surface area (Å²) in [6.45, 7) is 0. The lowest BCUT2D eigenvalue weighted by atomic mass is 9.49. The fraction of sp³-hybridized carbons (Fsp3) is 0.304. The predicted molar refractivity (Wildman–Crippen MR) is 113 cm³/mol. The van der Waals surface area contributed by atoms with Gasteiger partial charge in [0, 0.05) is 28.3 Å². The summed E-state index contributed by atoms with van der Waals surface area (Å²) in [5, 5.41) is 19.8. The van der Waals surface area contributed by atoms with Gasteiger partial charge < -0.3 is 5.32 Å². The number of benzene rings is 2. The molecule has 0 unspecified atom stereocenters. The van der Waals surface area contributed by atoms with Gasteiger partial charge in [-0.2, -0.15) is 10.2 Å². The number of rotatable bonds is 3. The van der Waals surface area contributed by atoms with Gasteiger partial charge in [-0.05, 0) is 49.3 Å². The van der Waals surface area contributed by atoms with E-state index in [9.17, 15) is 9.59 Å². The van der Waals surface area contributed by atoms with Crippen LogP contribution in [0.5, 0.6) is 0 Å². The van der Waals surface area contributed by atoms with Crippen molar-refractivity contribution in [1.29, 1.82) is 0 Å². The SMILES string of the molecule is O=C(NC1CC2(C1)CC(c1n[nH]c(=O)c3ccccc13)C2)c1ccc2cn[nH]c2c1. The Morgan fingerprint density at radius 2 is 1.83 bits per heavy atom. The van der Waals surface area contributed by atoms with Crippen LogP contribution in [0.15, 0.2) is 53.5 Å². The van der Waals surface area contributed by atoms with Crippen LogP contribution in [0.3, 0.4) is 0 Å². The minimum Gasteiger partial charge on any atom is -0.349 e. The van der Waals surface area contributed by atoms with Crippen LogP contribution in [-0.2, 0) is 0 Å². The van der Waals surface area contributed by atoms with Gasteiger partial charge in [-0.3, -0.25) is 14.7 Å². The minimum atomic E-state index is -0.136. The lowest BCUT2D eigenvalue weighted by molar-refractivity contribution is -0.0196. The number of carbonyl (C=O) groups is 1. The molecule has 2 aromatic heterocycles. The molecule has 1 spiro atoms. The number of hydrogen-bond acceptors (Lipinski definition) is 4. The Morgan fingerprint density at radius 1 is 1.03 bits per heavy atom. The number of amides is 1. The molecule has 7 heteroatoms. The molecule has 0 saturated heterocycles. The van der Waals surface area contributed by atoms with Crippen LogP contribution in [0.1, 0.15) is 47.7 Å². The predicted octanol–water partition coefficient (Wildman–Crippen LogP) is 3.26. The molecule has 0 aliphatic heterocycles. The Kier molecular flexibility index (Phi) is 3.63. The largest absolute Gasteiger partial charge is 0.349 e. The third kappa shape index (κ3) is 2.65. The first kappa shape index (κ1) is 17.4. The molecule has 2 aliphatic carbocycles. The van der Waals surface area contributed by atoms with Gasteiger partial charge in [0.2, 0.25) is 0 Å². The summed E-state index contributed by atoms with van der Waals surface area (Å²) < 4.78 is 0. The smallest absolute Gasteiger partial charge is 0.272 e. The zero-order valence-electron chi connectivity index (χ0n) is 16.3. The Bertz CT molecular complexity index is 1340. The highest BCUT2D eigenvalue weighted by Crippen LogP contribution is 2.62. The van der Waals surface area contributed by atoms with Gasteiger partial charge in [-0.25, -0.2) is 5.10 Å². The standard InChI is InChI=1S/C23H21N5O2/c29-21(13-5-6-14-12-24-26-19(14)7-13)25-16-10-23(11-16)8-15(9-23)20-17-3-1-2-4-18(17)22(30)28-27-20/h1-7,12,15-16H,8-11H2,(H,24,26)(H,25,29)(H,28,30). The molecule has 30 heavy (non-hydrogen) atoms. The lowest BCUT2D eigenvalue weighted by Gasteiger charge is -2.57. The molecule has 7 nitrogen and oxygen atoms in total. The summed E-state index contributed by atoms with van der Waals surface area (Å²) >= 11 is 0. The first-order chi connectivity index (χ1) is 14.6. The number of H-pyrrole nitrogens is 2. The van der Waals surface area contributed by atoms with Gasteiger partial charge in [0.1, 0.15) is 0 Å². The van der Waals surface area contributed by atoms with E-state index in [1.807, 2.05) is 42.5 Å². The summed E-state index contributed by atoms with van der Waals surface area (Å²) in [5.74, 6) is 0.335. The molecule has 1 amide bonds. The lowest BCUT2D eigenvalue weighted by Crippen LogP contribution is -2.55. The first-order valence-electron chi connectivity index (χ1n) is 10.3. The Hall–Kier alpha value is -3.48. The van der Waals surface area contributed by atoms with Crippen LogP contribution in [0.4, 0.5) is 0 Å². The van der Waals surface area contributed by atoms with Crippen molar-refractivity contribution in [3.63, 3.8) is 0 Å². The third-order valence-electron chi connectivity index (χ3n) is 6.87. The van der Waals surface area contributed by atoms with E-state index in [0.29, 0.717) is 22.3 Å². The van der Waals surface area contributed by atoms with E-state index in [0.717, 1.165) is 47.7 Å². The average molecular weight is 399 g/mol. The highest BCUT2D eigenvalue weighted by Gasteiger charge is 2.54. The Morgan fingerprint density at radius 3 is 2.67 bits per heavy atom. The molecular weight excluding hydrogens is 378 g/mol. The second-order valence-electron chi connectivity index (χ2n) is 8.84. The van der Waals surface area contributed by atoms with E-state index in [1.54, 1.807) is 6.20 Å². The summed E-state index contributed by atoms with van der Waals surface area (Å²) in [6.07, 6.45) is 5.87. The van der Waals surface area contributed by atoms with E-state index < -0.39 is 0 Å². The Labute approximate surface area is 171 Å². The van der Waals surface area contributed by atoms with Crippen molar-refractivity contribution in [3.05, 3.63) is 70.3 Å². The van der Waals surface area contributed by atoms with Gasteiger partial charge >= 0.3 is 0 Å². The summed E-state index contributed by atoms with van der Waals surface area (Å²) in [4.78, 5) is 24.6. The average Bonchev–Trinajstić information content (AvgIpc) is 3.17. The second-order valence-corrected chi connectivity index (χ2v) is 8.84. The molecule has 3 N–H and O–H groups in total. The van der Waals surface area contributed by atoms with Gasteiger partial charge in [0.15, 0.2) is 0 Å². The summed E-state index contributed by atoms with van der Waals surface area (Å²) in [7, 11) is 0. The van der Waals surface area contributed by atoms with Gasteiger partial charge in [0.05, 0.1) is 22.8 Å². The highest BCUT2D eigenvalue weighted by atomic mass is 16.1. The van der Waals surface area contributed by atoms with Crippen molar-refractivity contribution in [1.82, 2.24) is 25.7 Å². The fourth-order valence-corrected chi connectivity index (χ4v) is 5.39. The van der Waals surface area contributed by atoms with E-state index in [4.69, 9.17) is 0 Å². The van der Waals surface area contributed by atoms with Crippen molar-refractivity contribution in [2.24, 2.45) is 5.41 Å². The Balaban J connectivity index is 1.11. The van der Waals surface area contributed by atoms with Crippen molar-refractivity contribution in [3.8, 4) is 0 Å². The van der Waals surface area contributed by atoms with Crippen LogP contribution < -0.4 is 10.9 Å². The highest BCUT2D eigenvalue weighted by molar-refractivity contribution is 5.97. The van der Waals surface area contributed by atoms with E-state index in [2.05, 4.69) is 25.7 Å². The summed E-state index contributed by atoms with van der Waals surface area (Å²) in [6, 6.07) is 13.5. The summed E-state index contributed by atoms with van der Waals surface area (Å²) in [5.41, 5.74) is 2.69. The van der Waals surface area contributed by atoms with Gasteiger partial charge in [0.25, 0.3) is 11.5 Å². The third-order valence-corrected chi connectivity index (χ3v) is 6.87. The number of nitrogens with one attached hydrogen (secondary N) is 3. The maximum atomic E-state index is 12.6. The van der Waals surface area contributed by atoms with E-state index in [-0.39, 0.29) is 17.5 Å². The van der Waals surface area contributed by atoms with Gasteiger partial charge in [-0.1, -0.05) is 24.3 Å². The van der Waals surface area contributed by atoms with E-state index in [1.165, 1.54) is 0 Å². The number of carbonyl (C=O) groups excluding carboxylic acids is 1. The van der Waals surface area contributed by atoms with Gasteiger partial charge in [-0.15, -0.1) is 0 Å². The van der Waals surface area contributed by atoms with Crippen LogP contribution in [-0.4, -0.2) is 32.3 Å². The van der Waals surface area contributed by atoms with Crippen molar-refractivity contribution < 1.29 is 4.79 Å². The molecule has 2 aliphatic rings. The molecule has 2 aromatic carbocycles. The molecule has 2 saturated carbocycles. The first-order valence-corrected chi connectivity index (χ1v) is 10.3. The molecule has 2 fully saturated rings. The van der Waals surface area contributed by atoms with Crippen molar-refractivity contribution >= 4 is 27.6 Å². The fourth-order valence-electron chi connectivity index (χ4n) is 5.39. The monoisotopic (exact) mass is 399 g/mol. The molecule has 0 bridgehead atoms. The number of aromatic nitrogens is 4.